The van der Waals surface area contributed by atoms with Crippen LogP contribution < -0.4 is 0 Å². The van der Waals surface area contributed by atoms with E-state index in [0.29, 0.717) is 18.4 Å². The van der Waals surface area contributed by atoms with Crippen LogP contribution in [0.2, 0.25) is 0 Å². The molecule has 0 heterocycles. The summed E-state index contributed by atoms with van der Waals surface area (Å²) < 4.78 is 4.98. The molecule has 0 aromatic heterocycles. The van der Waals surface area contributed by atoms with E-state index in [1.165, 1.54) is 0 Å². The highest BCUT2D eigenvalue weighted by molar-refractivity contribution is 5.72. The molecule has 0 rings (SSSR count). The van der Waals surface area contributed by atoms with E-state index in [0.717, 1.165) is 12.8 Å². The van der Waals surface area contributed by atoms with E-state index in [4.69, 9.17) is 10.1 Å². The minimum atomic E-state index is 0.427. The Kier molecular flexibility index (Phi) is 4.99. The third-order valence-electron chi connectivity index (χ3n) is 1.27. The van der Waals surface area contributed by atoms with Crippen LogP contribution in [0, 0.1) is 11.3 Å². The van der Waals surface area contributed by atoms with Crippen molar-refractivity contribution in [3.63, 3.8) is 0 Å². The van der Waals surface area contributed by atoms with E-state index < -0.39 is 0 Å². The molecule has 0 saturated carbocycles. The first kappa shape index (κ1) is 9.47. The zero-order valence-corrected chi connectivity index (χ0v) is 7.11. The van der Waals surface area contributed by atoms with E-state index in [-0.39, 0.29) is 0 Å². The molecule has 0 atom stereocenters. The number of rotatable bonds is 4. The molecule has 0 amide bonds. The summed E-state index contributed by atoms with van der Waals surface area (Å²) in [4.78, 5) is 0. The zero-order valence-electron chi connectivity index (χ0n) is 7.11. The van der Waals surface area contributed by atoms with Gasteiger partial charge in [-0.05, 0) is 19.3 Å². The fourth-order valence-electron chi connectivity index (χ4n) is 0.666. The topological polar surface area (TPSA) is 33.1 Å². The molecule has 0 aliphatic heterocycles. The molecule has 0 aromatic rings. The third-order valence-corrected chi connectivity index (χ3v) is 1.27. The van der Waals surface area contributed by atoms with Gasteiger partial charge in [-0.15, -0.1) is 0 Å². The Morgan fingerprint density at radius 2 is 2.10 bits per heavy atom. The zero-order chi connectivity index (χ0) is 7.98. The molecule has 0 aromatic carbocycles. The first-order valence-electron chi connectivity index (χ1n) is 3.87. The first-order chi connectivity index (χ1) is 4.66. The third kappa shape index (κ3) is 5.60. The van der Waals surface area contributed by atoms with Crippen LogP contribution in [0.4, 0.5) is 0 Å². The monoisotopic (exact) mass is 143 g/mol. The van der Waals surface area contributed by atoms with Crippen LogP contribution in [-0.4, -0.2) is 12.5 Å². The van der Waals surface area contributed by atoms with Gasteiger partial charge in [0.2, 0.25) is 0 Å². The average Bonchev–Trinajstić information content (AvgIpc) is 1.85. The summed E-state index contributed by atoms with van der Waals surface area (Å²) in [7, 11) is 0. The number of nitrogens with one attached hydrogen (secondary N) is 1. The van der Waals surface area contributed by atoms with Crippen molar-refractivity contribution in [3.8, 4) is 0 Å². The number of hydrogen-bond donors (Lipinski definition) is 1. The lowest BCUT2D eigenvalue weighted by molar-refractivity contribution is 0.310. The Morgan fingerprint density at radius 3 is 2.50 bits per heavy atom. The predicted molar refractivity (Wildman–Crippen MR) is 43.4 cm³/mol. The van der Waals surface area contributed by atoms with Crippen molar-refractivity contribution in [2.75, 3.05) is 6.61 Å². The van der Waals surface area contributed by atoms with E-state index in [1.807, 2.05) is 6.92 Å². The summed E-state index contributed by atoms with van der Waals surface area (Å²) in [6.45, 7) is 6.83. The molecule has 0 fully saturated rings. The quantitative estimate of drug-likeness (QED) is 0.476. The lowest BCUT2D eigenvalue weighted by Gasteiger charge is -2.05. The van der Waals surface area contributed by atoms with Gasteiger partial charge in [0.15, 0.2) is 5.90 Å². The molecule has 60 valence electrons. The van der Waals surface area contributed by atoms with Gasteiger partial charge in [-0.2, -0.15) is 0 Å². The highest BCUT2D eigenvalue weighted by Gasteiger charge is 1.98. The van der Waals surface area contributed by atoms with Gasteiger partial charge in [-0.1, -0.05) is 13.8 Å². The van der Waals surface area contributed by atoms with Crippen molar-refractivity contribution >= 4 is 5.90 Å². The van der Waals surface area contributed by atoms with Gasteiger partial charge >= 0.3 is 0 Å². The highest BCUT2D eigenvalue weighted by atomic mass is 16.5. The fraction of sp³-hybridized carbons (Fsp3) is 0.875. The Morgan fingerprint density at radius 1 is 1.50 bits per heavy atom. The van der Waals surface area contributed by atoms with Crippen LogP contribution in [0.25, 0.3) is 0 Å². The summed E-state index contributed by atoms with van der Waals surface area (Å²) in [5, 5.41) is 7.26. The maximum Gasteiger partial charge on any atom is 0.180 e. The number of ether oxygens (including phenoxy) is 1. The lowest BCUT2D eigenvalue weighted by atomic mass is 10.1. The Balaban J connectivity index is 3.22. The summed E-state index contributed by atoms with van der Waals surface area (Å²) in [5.41, 5.74) is 0. The first-order valence-corrected chi connectivity index (χ1v) is 3.87. The second kappa shape index (κ2) is 5.27. The Hall–Kier alpha value is -0.530. The molecule has 10 heavy (non-hydrogen) atoms. The van der Waals surface area contributed by atoms with E-state index in [1.54, 1.807) is 0 Å². The molecule has 0 unspecified atom stereocenters. The van der Waals surface area contributed by atoms with Crippen molar-refractivity contribution in [2.24, 2.45) is 5.92 Å². The molecule has 0 bridgehead atoms. The normalized spacial score (nSPS) is 10.0. The van der Waals surface area contributed by atoms with Crippen molar-refractivity contribution < 1.29 is 4.74 Å². The molecule has 0 aliphatic rings. The van der Waals surface area contributed by atoms with Crippen LogP contribution in [0.5, 0.6) is 0 Å². The standard InChI is InChI=1S/C8H17NO/c1-4-10-8(9)6-5-7(2)3/h7,9H,4-6H2,1-3H3. The van der Waals surface area contributed by atoms with Crippen LogP contribution >= 0.6 is 0 Å². The van der Waals surface area contributed by atoms with E-state index in [2.05, 4.69) is 13.8 Å². The second-order valence-electron chi connectivity index (χ2n) is 2.79. The van der Waals surface area contributed by atoms with Crippen LogP contribution in [0.1, 0.15) is 33.6 Å². The number of hydrogen-bond acceptors (Lipinski definition) is 2. The minimum absolute atomic E-state index is 0.427. The lowest BCUT2D eigenvalue weighted by Crippen LogP contribution is -2.03. The van der Waals surface area contributed by atoms with Crippen molar-refractivity contribution in [3.05, 3.63) is 0 Å². The van der Waals surface area contributed by atoms with E-state index >= 15 is 0 Å². The molecular weight excluding hydrogens is 126 g/mol. The molecule has 0 aliphatic carbocycles. The van der Waals surface area contributed by atoms with Crippen LogP contribution in [-0.2, 0) is 4.74 Å². The van der Waals surface area contributed by atoms with Crippen molar-refractivity contribution in [2.45, 2.75) is 33.6 Å². The smallest absolute Gasteiger partial charge is 0.180 e. The predicted octanol–water partition coefficient (Wildman–Crippen LogP) is 2.44. The maximum absolute atomic E-state index is 7.26. The van der Waals surface area contributed by atoms with Gasteiger partial charge < -0.3 is 4.74 Å². The van der Waals surface area contributed by atoms with Crippen molar-refractivity contribution in [1.82, 2.24) is 0 Å². The summed E-state index contributed by atoms with van der Waals surface area (Å²) in [5.74, 6) is 1.09. The molecule has 0 saturated heterocycles. The largest absolute Gasteiger partial charge is 0.481 e. The van der Waals surface area contributed by atoms with Gasteiger partial charge in [0.05, 0.1) is 6.61 Å². The minimum Gasteiger partial charge on any atom is -0.481 e. The van der Waals surface area contributed by atoms with Gasteiger partial charge in [-0.3, -0.25) is 5.41 Å². The van der Waals surface area contributed by atoms with Gasteiger partial charge in [0, 0.05) is 6.42 Å². The summed E-state index contributed by atoms with van der Waals surface area (Å²) in [6.07, 6.45) is 1.84. The second-order valence-corrected chi connectivity index (χ2v) is 2.79. The van der Waals surface area contributed by atoms with Crippen LogP contribution in [0.3, 0.4) is 0 Å². The molecule has 2 nitrogen and oxygen atoms in total. The van der Waals surface area contributed by atoms with Gasteiger partial charge in [0.25, 0.3) is 0 Å². The maximum atomic E-state index is 7.26. The molecular formula is C8H17NO. The summed E-state index contributed by atoms with van der Waals surface area (Å²) in [6, 6.07) is 0. The fourth-order valence-corrected chi connectivity index (χ4v) is 0.666. The Labute approximate surface area is 63.1 Å². The van der Waals surface area contributed by atoms with E-state index in [9.17, 15) is 0 Å². The van der Waals surface area contributed by atoms with Gasteiger partial charge in [-0.25, -0.2) is 0 Å². The molecule has 0 spiro atoms. The highest BCUT2D eigenvalue weighted by Crippen LogP contribution is 2.04. The summed E-state index contributed by atoms with van der Waals surface area (Å²) >= 11 is 0. The molecule has 0 radical (unpaired) electrons. The van der Waals surface area contributed by atoms with Crippen molar-refractivity contribution in [1.29, 1.82) is 5.41 Å². The van der Waals surface area contributed by atoms with Gasteiger partial charge in [0.1, 0.15) is 0 Å². The Bertz CT molecular complexity index is 99.4. The SMILES string of the molecule is CCOC(=N)CCC(C)C. The average molecular weight is 143 g/mol. The molecule has 1 N–H and O–H groups in total. The van der Waals surface area contributed by atoms with Crippen LogP contribution in [0.15, 0.2) is 0 Å². The molecule has 2 heteroatoms.